The van der Waals surface area contributed by atoms with Crippen LogP contribution in [0, 0.1) is 12.7 Å². The van der Waals surface area contributed by atoms with Crippen LogP contribution in [-0.2, 0) is 20.7 Å². The average molecular weight is 350 g/mol. The molecule has 0 unspecified atom stereocenters. The van der Waals surface area contributed by atoms with Gasteiger partial charge in [0.25, 0.3) is 5.91 Å². The molecule has 25 heavy (non-hydrogen) atoms. The average Bonchev–Trinajstić information content (AvgIpc) is 2.97. The number of nitrogens with zero attached hydrogens (tertiary/aromatic N) is 1. The molecule has 0 aliphatic heterocycles. The van der Waals surface area contributed by atoms with Crippen LogP contribution in [-0.4, -0.2) is 30.2 Å². The molecule has 1 aromatic carbocycles. The first kappa shape index (κ1) is 18.4. The number of hydrogen-bond donors (Lipinski definition) is 1. The van der Waals surface area contributed by atoms with Crippen molar-refractivity contribution < 1.29 is 28.0 Å². The third-order valence-corrected chi connectivity index (χ3v) is 3.38. The lowest BCUT2D eigenvalue weighted by Gasteiger charge is -2.15. The van der Waals surface area contributed by atoms with Gasteiger partial charge in [-0.25, -0.2) is 4.39 Å². The summed E-state index contributed by atoms with van der Waals surface area (Å²) in [5.74, 6) is -0.839. The summed E-state index contributed by atoms with van der Waals surface area (Å²) in [4.78, 5) is 24.2. The first-order valence-electron chi connectivity index (χ1n) is 7.69. The van der Waals surface area contributed by atoms with Gasteiger partial charge >= 0.3 is 5.97 Å². The Morgan fingerprint density at radius 1 is 1.36 bits per heavy atom. The van der Waals surface area contributed by atoms with E-state index in [1.54, 1.807) is 26.0 Å². The number of aryl methyl sites for hydroxylation is 1. The Morgan fingerprint density at radius 3 is 2.68 bits per heavy atom. The Balaban J connectivity index is 1.94. The van der Waals surface area contributed by atoms with Gasteiger partial charge < -0.3 is 19.3 Å². The van der Waals surface area contributed by atoms with E-state index in [0.29, 0.717) is 11.3 Å². The number of rotatable bonds is 7. The highest BCUT2D eigenvalue weighted by Crippen LogP contribution is 2.18. The van der Waals surface area contributed by atoms with Crippen LogP contribution in [0.15, 0.2) is 28.8 Å². The first-order valence-corrected chi connectivity index (χ1v) is 7.69. The summed E-state index contributed by atoms with van der Waals surface area (Å²) in [6.07, 6.45) is -0.855. The maximum atomic E-state index is 13.6. The van der Waals surface area contributed by atoms with Crippen LogP contribution in [0.25, 0.3) is 0 Å². The van der Waals surface area contributed by atoms with Crippen LogP contribution in [0.4, 0.5) is 10.2 Å². The van der Waals surface area contributed by atoms with Crippen molar-refractivity contribution in [2.24, 2.45) is 0 Å². The molecule has 8 heteroatoms. The number of halogens is 1. The SMILES string of the molecule is CC[C@@H](OC(=O)Cc1ccc(OC)c(F)c1)C(=O)Nc1cc(C)on1. The van der Waals surface area contributed by atoms with E-state index in [1.165, 1.54) is 19.2 Å². The zero-order valence-corrected chi connectivity index (χ0v) is 14.2. The van der Waals surface area contributed by atoms with Crippen molar-refractivity contribution in [3.8, 4) is 5.75 Å². The molecule has 1 amide bonds. The monoisotopic (exact) mass is 350 g/mol. The number of methoxy groups -OCH3 is 1. The minimum atomic E-state index is -0.979. The number of ether oxygens (including phenoxy) is 2. The van der Waals surface area contributed by atoms with Crippen molar-refractivity contribution in [1.82, 2.24) is 5.16 Å². The second kappa shape index (κ2) is 8.27. The van der Waals surface area contributed by atoms with Gasteiger partial charge in [0, 0.05) is 6.07 Å². The first-order chi connectivity index (χ1) is 11.9. The minimum Gasteiger partial charge on any atom is -0.494 e. The van der Waals surface area contributed by atoms with Gasteiger partial charge in [0.1, 0.15) is 5.76 Å². The molecule has 0 saturated heterocycles. The van der Waals surface area contributed by atoms with Crippen LogP contribution in [0.2, 0.25) is 0 Å². The van der Waals surface area contributed by atoms with Crippen LogP contribution in [0.1, 0.15) is 24.7 Å². The molecule has 0 bridgehead atoms. The topological polar surface area (TPSA) is 90.7 Å². The van der Waals surface area contributed by atoms with Gasteiger partial charge in [0.2, 0.25) is 0 Å². The van der Waals surface area contributed by atoms with E-state index in [-0.39, 0.29) is 24.4 Å². The Morgan fingerprint density at radius 2 is 2.12 bits per heavy atom. The quantitative estimate of drug-likeness (QED) is 0.772. The number of nitrogens with one attached hydrogen (secondary N) is 1. The summed E-state index contributed by atoms with van der Waals surface area (Å²) in [5.41, 5.74) is 0.422. The lowest BCUT2D eigenvalue weighted by Crippen LogP contribution is -2.32. The predicted molar refractivity (Wildman–Crippen MR) is 86.7 cm³/mol. The van der Waals surface area contributed by atoms with Crippen LogP contribution in [0.3, 0.4) is 0 Å². The summed E-state index contributed by atoms with van der Waals surface area (Å²) < 4.78 is 28.5. The van der Waals surface area contributed by atoms with Crippen LogP contribution >= 0.6 is 0 Å². The van der Waals surface area contributed by atoms with E-state index in [0.717, 1.165) is 0 Å². The zero-order chi connectivity index (χ0) is 18.4. The number of hydrogen-bond acceptors (Lipinski definition) is 6. The summed E-state index contributed by atoms with van der Waals surface area (Å²) in [6, 6.07) is 5.73. The van der Waals surface area contributed by atoms with Crippen molar-refractivity contribution >= 4 is 17.7 Å². The standard InChI is InChI=1S/C17H19FN2O5/c1-4-13(17(22)19-15-7-10(2)25-20-15)24-16(21)9-11-5-6-14(23-3)12(18)8-11/h5-8,13H,4,9H2,1-3H3,(H,19,20,22)/t13-/m1/s1. The number of aromatic nitrogens is 1. The minimum absolute atomic E-state index is 0.0887. The highest BCUT2D eigenvalue weighted by atomic mass is 19.1. The molecule has 0 aliphatic carbocycles. The molecule has 7 nitrogen and oxygen atoms in total. The zero-order valence-electron chi connectivity index (χ0n) is 14.2. The lowest BCUT2D eigenvalue weighted by molar-refractivity contribution is -0.153. The fourth-order valence-electron chi connectivity index (χ4n) is 2.14. The van der Waals surface area contributed by atoms with Crippen LogP contribution < -0.4 is 10.1 Å². The molecule has 1 heterocycles. The highest BCUT2D eigenvalue weighted by molar-refractivity contribution is 5.94. The van der Waals surface area contributed by atoms with Gasteiger partial charge in [0.05, 0.1) is 13.5 Å². The number of esters is 1. The van der Waals surface area contributed by atoms with Gasteiger partial charge in [0.15, 0.2) is 23.5 Å². The summed E-state index contributed by atoms with van der Waals surface area (Å²) in [7, 11) is 1.35. The van der Waals surface area contributed by atoms with E-state index in [9.17, 15) is 14.0 Å². The number of carbonyl (C=O) groups excluding carboxylic acids is 2. The molecule has 0 aliphatic rings. The van der Waals surface area contributed by atoms with Crippen molar-refractivity contribution in [2.75, 3.05) is 12.4 Å². The summed E-state index contributed by atoms with van der Waals surface area (Å²) in [5, 5.41) is 6.15. The van der Waals surface area contributed by atoms with Crippen LogP contribution in [0.5, 0.6) is 5.75 Å². The number of carbonyl (C=O) groups is 2. The van der Waals surface area contributed by atoms with Crippen molar-refractivity contribution in [1.29, 1.82) is 0 Å². The Bertz CT molecular complexity index is 759. The molecular formula is C17H19FN2O5. The fraction of sp³-hybridized carbons (Fsp3) is 0.353. The third-order valence-electron chi connectivity index (χ3n) is 3.38. The van der Waals surface area contributed by atoms with Gasteiger partial charge in [-0.15, -0.1) is 0 Å². The Hall–Kier alpha value is -2.90. The highest BCUT2D eigenvalue weighted by Gasteiger charge is 2.22. The van der Waals surface area contributed by atoms with Crippen molar-refractivity contribution in [3.63, 3.8) is 0 Å². The van der Waals surface area contributed by atoms with Gasteiger partial charge in [-0.05, 0) is 31.0 Å². The smallest absolute Gasteiger partial charge is 0.311 e. The van der Waals surface area contributed by atoms with Gasteiger partial charge in [-0.1, -0.05) is 18.1 Å². The molecule has 2 aromatic rings. The van der Waals surface area contributed by atoms with Crippen molar-refractivity contribution in [3.05, 3.63) is 41.4 Å². The molecule has 2 rings (SSSR count). The molecule has 1 atom stereocenters. The molecule has 0 fully saturated rings. The molecule has 0 spiro atoms. The lowest BCUT2D eigenvalue weighted by atomic mass is 10.1. The fourth-order valence-corrected chi connectivity index (χ4v) is 2.14. The molecule has 0 saturated carbocycles. The number of anilines is 1. The molecule has 1 N–H and O–H groups in total. The van der Waals surface area contributed by atoms with Crippen molar-refractivity contribution in [2.45, 2.75) is 32.8 Å². The molecule has 0 radical (unpaired) electrons. The molecule has 1 aromatic heterocycles. The van der Waals surface area contributed by atoms with E-state index >= 15 is 0 Å². The molecular weight excluding hydrogens is 331 g/mol. The maximum absolute atomic E-state index is 13.6. The maximum Gasteiger partial charge on any atom is 0.311 e. The number of benzene rings is 1. The second-order valence-electron chi connectivity index (χ2n) is 5.34. The number of amides is 1. The van der Waals surface area contributed by atoms with Gasteiger partial charge in [-0.2, -0.15) is 0 Å². The summed E-state index contributed by atoms with van der Waals surface area (Å²) >= 11 is 0. The van der Waals surface area contributed by atoms with E-state index in [4.69, 9.17) is 14.0 Å². The summed E-state index contributed by atoms with van der Waals surface area (Å²) in [6.45, 7) is 3.40. The van der Waals surface area contributed by atoms with E-state index in [1.807, 2.05) is 0 Å². The Kier molecular flexibility index (Phi) is 6.10. The normalized spacial score (nSPS) is 11.7. The van der Waals surface area contributed by atoms with E-state index in [2.05, 4.69) is 10.5 Å². The predicted octanol–water partition coefficient (Wildman–Crippen LogP) is 2.63. The largest absolute Gasteiger partial charge is 0.494 e. The molecule has 134 valence electrons. The Labute approximate surface area is 144 Å². The second-order valence-corrected chi connectivity index (χ2v) is 5.34. The van der Waals surface area contributed by atoms with E-state index < -0.39 is 23.8 Å². The van der Waals surface area contributed by atoms with Gasteiger partial charge in [-0.3, -0.25) is 9.59 Å². The third kappa shape index (κ3) is 5.03.